The molecule has 34 nitrogen and oxygen atoms in total. The summed E-state index contributed by atoms with van der Waals surface area (Å²) in [5.74, 6) is 1.09. The van der Waals surface area contributed by atoms with E-state index in [4.69, 9.17) is 64.3 Å². The minimum Gasteiger partial charge on any atom is -0.394 e. The lowest BCUT2D eigenvalue weighted by Gasteiger charge is -2.46. The number of aliphatic hydroxyl groups is 21. The fourth-order valence-electron chi connectivity index (χ4n) is 10.9. The molecule has 6 fully saturated rings. The van der Waals surface area contributed by atoms with Gasteiger partial charge in [-0.3, -0.25) is 0 Å². The summed E-state index contributed by atoms with van der Waals surface area (Å²) >= 11 is 10.5. The number of nitrogens with one attached hydrogen (secondary N) is 2. The fraction of sp³-hybridized carbons (Fsp3) is 0.981. The number of hydrogen-bond donors (Lipinski definition) is 23. The van der Waals surface area contributed by atoms with Crippen LogP contribution < -0.4 is 10.6 Å². The van der Waals surface area contributed by atoms with E-state index in [1.165, 1.54) is 11.8 Å². The summed E-state index contributed by atoms with van der Waals surface area (Å²) in [6.45, 7) is -0.942. The van der Waals surface area contributed by atoms with Gasteiger partial charge in [0, 0.05) is 50.3 Å². The molecule has 546 valence electrons. The van der Waals surface area contributed by atoms with Crippen LogP contribution in [0.4, 0.5) is 0 Å². The van der Waals surface area contributed by atoms with Crippen molar-refractivity contribution in [1.82, 2.24) is 10.6 Å². The van der Waals surface area contributed by atoms with E-state index in [0.717, 1.165) is 35.3 Å². The summed E-state index contributed by atoms with van der Waals surface area (Å²) < 4.78 is 64.2. The van der Waals surface area contributed by atoms with Crippen molar-refractivity contribution in [3.05, 3.63) is 0 Å². The predicted octanol–water partition coefficient (Wildman–Crippen LogP) is -10.3. The molecular weight excluding hydrogens is 1350 g/mol. The second kappa shape index (κ2) is 40.5. The normalized spacial score (nSPS) is 42.4. The van der Waals surface area contributed by atoms with Crippen LogP contribution in [0, 0.1) is 11.3 Å². The lowest BCUT2D eigenvalue weighted by molar-refractivity contribution is -0.347. The molecule has 0 bridgehead atoms. The van der Waals surface area contributed by atoms with Crippen molar-refractivity contribution < 1.29 is 159 Å². The molecule has 0 spiro atoms. The predicted molar refractivity (Wildman–Crippen MR) is 331 cm³/mol. The van der Waals surface area contributed by atoms with Gasteiger partial charge in [0.2, 0.25) is 0 Å². The Kier molecular flexibility index (Phi) is 35.6. The highest BCUT2D eigenvalue weighted by atomic mass is 32.2. The highest BCUT2D eigenvalue weighted by molar-refractivity contribution is 8.00. The van der Waals surface area contributed by atoms with Gasteiger partial charge >= 0.3 is 0 Å². The van der Waals surface area contributed by atoms with Gasteiger partial charge in [0.05, 0.1) is 70.5 Å². The van der Waals surface area contributed by atoms with Crippen molar-refractivity contribution in [2.45, 2.75) is 202 Å². The lowest BCUT2D eigenvalue weighted by atomic mass is 9.90. The van der Waals surface area contributed by atoms with Crippen LogP contribution >= 0.6 is 59.3 Å². The minimum atomic E-state index is -1.84. The number of thiocarbonyl (C=S) groups is 1. The Balaban J connectivity index is 1.07. The highest BCUT2D eigenvalue weighted by Crippen LogP contribution is 2.36. The second-order valence-electron chi connectivity index (χ2n) is 23.6. The van der Waals surface area contributed by atoms with Crippen LogP contribution in [0.1, 0.15) is 26.2 Å². The number of rotatable bonds is 37. The average Bonchev–Trinajstić information content (AvgIpc) is 0.821. The van der Waals surface area contributed by atoms with Crippen LogP contribution in [0.3, 0.4) is 0 Å². The van der Waals surface area contributed by atoms with Gasteiger partial charge in [0.25, 0.3) is 0 Å². The Labute approximate surface area is 559 Å². The number of thioether (sulfide) groups is 4. The summed E-state index contributed by atoms with van der Waals surface area (Å²) in [4.78, 5) is 0. The summed E-state index contributed by atoms with van der Waals surface area (Å²) in [6, 6.07) is 0. The molecular formula is C54H98N2O32S5. The molecule has 39 heteroatoms. The molecule has 0 saturated carbocycles. The second-order valence-corrected chi connectivity index (χ2v) is 28.8. The van der Waals surface area contributed by atoms with Gasteiger partial charge in [-0.15, -0.1) is 35.3 Å². The molecule has 0 amide bonds. The minimum absolute atomic E-state index is 0.00674. The quantitative estimate of drug-likeness (QED) is 0.0203. The Hall–Kier alpha value is -0.190. The van der Waals surface area contributed by atoms with Crippen molar-refractivity contribution in [2.75, 3.05) is 115 Å². The smallest absolute Gasteiger partial charge is 0.187 e. The Morgan fingerprint density at radius 3 is 1.24 bits per heavy atom. The zero-order valence-electron chi connectivity index (χ0n) is 51.1. The summed E-state index contributed by atoms with van der Waals surface area (Å²) in [7, 11) is 0. The van der Waals surface area contributed by atoms with Gasteiger partial charge in [0.15, 0.2) is 24.0 Å². The first-order valence-electron chi connectivity index (χ1n) is 30.7. The van der Waals surface area contributed by atoms with Gasteiger partial charge in [-0.1, -0.05) is 6.92 Å². The van der Waals surface area contributed by atoms with E-state index in [1.54, 1.807) is 6.92 Å². The first kappa shape index (κ1) is 81.8. The standard InChI is InChI=1S/C54H98N2O32S5/c1-23-29(83-48(40(72)30(23)62)87-45-27(16-60)81-47(77)39(71)37(45)69)18-90-12-5-55-53(89)56-19-54(20-78-6-2-9-91-50-42(74)35(67)32(64)25(14-58)84-50,21-79-7-3-10-92-51-43(75)36(68)33(65)26(15-59)85-51)22-80-8-4-11-93-52-44(76)38(70)46(28(17-61)86-52)88-49-41(73)34(66)31(63)24(13-57)82-49/h23-52,57-77H,2-22H2,1H3,(H2,55,56,89)/t23-,24?,25?,26?,27?,28?,29?,30-,31-,32-,33-,34-,35-,36-,37+,38+,39?,40?,41?,42?,43?,44?,45-,46-,47+,48-,49-,50-,51-,52-,54?/m0/s1. The molecule has 0 aromatic carbocycles. The van der Waals surface area contributed by atoms with E-state index < -0.39 is 220 Å². The van der Waals surface area contributed by atoms with Crippen LogP contribution in [0.25, 0.3) is 0 Å². The third-order valence-electron chi connectivity index (χ3n) is 16.7. The van der Waals surface area contributed by atoms with Crippen molar-refractivity contribution in [1.29, 1.82) is 0 Å². The van der Waals surface area contributed by atoms with Gasteiger partial charge < -0.3 is 170 Å². The summed E-state index contributed by atoms with van der Waals surface area (Å²) in [5.41, 5.74) is -4.06. The van der Waals surface area contributed by atoms with Crippen molar-refractivity contribution in [2.24, 2.45) is 11.3 Å². The van der Waals surface area contributed by atoms with Gasteiger partial charge in [-0.25, -0.2) is 0 Å². The SMILES string of the molecule is C[C@H]1C(CSCCNC(=S)NCC(COCCCS[C@@H]2OC(CO)[C@H](O)[C@H](O)C2O)(COCCCS[C@@H]2OC(CO)[C@H](O)[C@H](O)C2O)COCCCS[C@@H]2OC(CO)[C@H](O[C@@H]3OC(CO)[C@H](O)[C@H](O)C3O)[C@H](O)C2O)O[C@@H](O[C@H]2C(CO)O[C@@H](O)C(O)[C@H]2O)C(O)[C@H]1O. The van der Waals surface area contributed by atoms with Crippen molar-refractivity contribution >= 4 is 64.4 Å². The summed E-state index contributed by atoms with van der Waals surface area (Å²) in [5, 5.41) is 224. The van der Waals surface area contributed by atoms with Crippen LogP contribution in [0.2, 0.25) is 0 Å². The maximum absolute atomic E-state index is 11.2. The molecule has 12 unspecified atom stereocenters. The number of ether oxygens (including phenoxy) is 11. The molecule has 6 saturated heterocycles. The zero-order chi connectivity index (χ0) is 68.3. The van der Waals surface area contributed by atoms with Crippen LogP contribution in [0.5, 0.6) is 0 Å². The van der Waals surface area contributed by atoms with E-state index in [0.29, 0.717) is 43.1 Å². The highest BCUT2D eigenvalue weighted by Gasteiger charge is 2.53. The molecule has 6 rings (SSSR count). The molecule has 0 aromatic heterocycles. The molecule has 93 heavy (non-hydrogen) atoms. The zero-order valence-corrected chi connectivity index (χ0v) is 55.2. The van der Waals surface area contributed by atoms with E-state index in [1.807, 2.05) is 0 Å². The Morgan fingerprint density at radius 1 is 0.409 bits per heavy atom. The van der Waals surface area contributed by atoms with E-state index >= 15 is 0 Å². The van der Waals surface area contributed by atoms with E-state index in [2.05, 4.69) is 10.6 Å². The third-order valence-corrected chi connectivity index (χ3v) is 21.7. The summed E-state index contributed by atoms with van der Waals surface area (Å²) in [6.07, 6.45) is -37.8. The van der Waals surface area contributed by atoms with E-state index in [9.17, 15) is 107 Å². The van der Waals surface area contributed by atoms with Gasteiger partial charge in [-0.05, 0) is 48.7 Å². The monoisotopic (exact) mass is 1450 g/mol. The number of hydrogen-bond acceptors (Lipinski definition) is 37. The maximum Gasteiger partial charge on any atom is 0.187 e. The van der Waals surface area contributed by atoms with Crippen molar-refractivity contribution in [3.8, 4) is 0 Å². The average molecular weight is 1450 g/mol. The molecule has 6 aliphatic heterocycles. The fourth-order valence-corrected chi connectivity index (χ4v) is 15.3. The maximum atomic E-state index is 11.2. The molecule has 0 radical (unpaired) electrons. The first-order valence-corrected chi connectivity index (χ1v) is 35.4. The molecule has 0 aromatic rings. The molecule has 30 atom stereocenters. The van der Waals surface area contributed by atoms with Crippen molar-refractivity contribution in [3.63, 3.8) is 0 Å². The Bertz CT molecular complexity index is 2060. The van der Waals surface area contributed by atoms with Gasteiger partial charge in [0.1, 0.15) is 144 Å². The third kappa shape index (κ3) is 22.4. The lowest BCUT2D eigenvalue weighted by Crippen LogP contribution is -2.64. The topological polar surface area (TPSA) is 550 Å². The van der Waals surface area contributed by atoms with Crippen LogP contribution in [-0.2, 0) is 52.1 Å². The molecule has 0 aliphatic carbocycles. The first-order chi connectivity index (χ1) is 44.4. The van der Waals surface area contributed by atoms with Crippen LogP contribution in [-0.4, -0.2) is 402 Å². The Morgan fingerprint density at radius 2 is 0.785 bits per heavy atom. The van der Waals surface area contributed by atoms with E-state index in [-0.39, 0.29) is 62.8 Å². The largest absolute Gasteiger partial charge is 0.394 e. The number of aliphatic hydroxyl groups excluding tert-OH is 21. The van der Waals surface area contributed by atoms with Crippen LogP contribution in [0.15, 0.2) is 0 Å². The molecule has 23 N–H and O–H groups in total. The molecule has 6 heterocycles. The molecule has 6 aliphatic rings. The van der Waals surface area contributed by atoms with Gasteiger partial charge in [-0.2, -0.15) is 11.8 Å².